The van der Waals surface area contributed by atoms with E-state index in [1.54, 1.807) is 6.92 Å². The highest BCUT2D eigenvalue weighted by Gasteiger charge is 2.77. The van der Waals surface area contributed by atoms with Gasteiger partial charge in [-0.05, 0) is 6.42 Å². The molecule has 0 rings (SSSR count). The largest absolute Gasteiger partial charge is 0.523 e. The third-order valence-corrected chi connectivity index (χ3v) is 3.51. The van der Waals surface area contributed by atoms with Crippen LogP contribution in [0.25, 0.3) is 0 Å². The van der Waals surface area contributed by atoms with Gasteiger partial charge < -0.3 is 4.74 Å². The van der Waals surface area contributed by atoms with Crippen molar-refractivity contribution >= 4 is 10.1 Å². The van der Waals surface area contributed by atoms with Gasteiger partial charge in [0.1, 0.15) is 0 Å². The molecule has 4 nitrogen and oxygen atoms in total. The van der Waals surface area contributed by atoms with Gasteiger partial charge in [-0.1, -0.05) is 26.2 Å². The lowest BCUT2D eigenvalue weighted by Gasteiger charge is -2.31. The van der Waals surface area contributed by atoms with Crippen LogP contribution in [0.3, 0.4) is 0 Å². The summed E-state index contributed by atoms with van der Waals surface area (Å²) >= 11 is 0. The average molecular weight is 400 g/mol. The summed E-state index contributed by atoms with van der Waals surface area (Å²) in [6.45, 7) is 0.618. The number of hydrogen-bond acceptors (Lipinski definition) is 4. The first-order valence-corrected chi connectivity index (χ1v) is 7.72. The molecule has 0 N–H and O–H groups in total. The van der Waals surface area contributed by atoms with E-state index < -0.39 is 40.4 Å². The van der Waals surface area contributed by atoms with Crippen LogP contribution in [0.1, 0.15) is 32.6 Å². The number of halogens is 9. The maximum absolute atomic E-state index is 13.1. The van der Waals surface area contributed by atoms with Crippen molar-refractivity contribution in [1.82, 2.24) is 0 Å². The Morgan fingerprint density at radius 1 is 0.792 bits per heavy atom. The molecule has 0 radical (unpaired) electrons. The topological polar surface area (TPSA) is 52.6 Å². The highest BCUT2D eigenvalue weighted by molar-refractivity contribution is 7.87. The van der Waals surface area contributed by atoms with Crippen molar-refractivity contribution in [3.63, 3.8) is 0 Å². The van der Waals surface area contributed by atoms with Crippen LogP contribution in [0.4, 0.5) is 39.5 Å². The zero-order valence-corrected chi connectivity index (χ0v) is 12.8. The van der Waals surface area contributed by atoms with E-state index >= 15 is 0 Å². The Hall–Kier alpha value is -0.760. The minimum atomic E-state index is -7.25. The second-order valence-electron chi connectivity index (χ2n) is 4.50. The average Bonchev–Trinajstić information content (AvgIpc) is 2.35. The standard InChI is InChI=1S/C10H13F9O4S/c1-2-3-4-5-6-22-8(13,14)7(11,12)9(15,16)23-24(20,21)10(17,18)19/h2-6H2,1H3. The second-order valence-corrected chi connectivity index (χ2v) is 6.04. The van der Waals surface area contributed by atoms with Crippen molar-refractivity contribution < 1.29 is 56.9 Å². The molecule has 0 aliphatic heterocycles. The van der Waals surface area contributed by atoms with Crippen molar-refractivity contribution in [2.75, 3.05) is 6.61 Å². The van der Waals surface area contributed by atoms with Gasteiger partial charge in [-0.25, -0.2) is 0 Å². The summed E-state index contributed by atoms with van der Waals surface area (Å²) in [6, 6.07) is 0. The Bertz CT molecular complexity index is 501. The molecule has 24 heavy (non-hydrogen) atoms. The summed E-state index contributed by atoms with van der Waals surface area (Å²) in [6.07, 6.45) is -11.5. The highest BCUT2D eigenvalue weighted by Crippen LogP contribution is 2.48. The lowest BCUT2D eigenvalue weighted by Crippen LogP contribution is -2.58. The summed E-state index contributed by atoms with van der Waals surface area (Å²) < 4.78 is 140. The summed E-state index contributed by atoms with van der Waals surface area (Å²) in [4.78, 5) is 0. The van der Waals surface area contributed by atoms with Crippen LogP contribution in [0.15, 0.2) is 0 Å². The first-order chi connectivity index (χ1) is 10.5. The van der Waals surface area contributed by atoms with Gasteiger partial charge in [-0.3, -0.25) is 0 Å². The zero-order chi connectivity index (χ0) is 19.4. The number of unbranched alkanes of at least 4 members (excludes halogenated alkanes) is 3. The molecule has 0 atom stereocenters. The molecule has 0 aromatic heterocycles. The lowest BCUT2D eigenvalue weighted by atomic mass is 10.2. The molecule has 0 saturated heterocycles. The van der Waals surface area contributed by atoms with Crippen molar-refractivity contribution in [1.29, 1.82) is 0 Å². The third kappa shape index (κ3) is 5.37. The van der Waals surface area contributed by atoms with E-state index in [2.05, 4.69) is 4.74 Å². The molecule has 0 fully saturated rings. The van der Waals surface area contributed by atoms with Crippen molar-refractivity contribution in [3.05, 3.63) is 0 Å². The lowest BCUT2D eigenvalue weighted by molar-refractivity contribution is -0.434. The summed E-state index contributed by atoms with van der Waals surface area (Å²) in [7, 11) is -7.25. The van der Waals surface area contributed by atoms with Gasteiger partial charge in [0.05, 0.1) is 6.61 Å². The van der Waals surface area contributed by atoms with Crippen LogP contribution in [-0.2, 0) is 19.0 Å². The van der Waals surface area contributed by atoms with E-state index in [1.807, 2.05) is 4.18 Å². The van der Waals surface area contributed by atoms with Gasteiger partial charge in [0, 0.05) is 0 Å². The van der Waals surface area contributed by atoms with Crippen molar-refractivity contribution in [2.24, 2.45) is 0 Å². The molecular formula is C10H13F9O4S. The molecule has 0 aromatic rings. The Morgan fingerprint density at radius 2 is 1.29 bits per heavy atom. The van der Waals surface area contributed by atoms with Gasteiger partial charge in [0.15, 0.2) is 0 Å². The van der Waals surface area contributed by atoms with Gasteiger partial charge >= 0.3 is 33.8 Å². The molecule has 0 bridgehead atoms. The van der Waals surface area contributed by atoms with Crippen LogP contribution in [0.5, 0.6) is 0 Å². The normalized spacial score (nSPS) is 14.9. The molecule has 14 heteroatoms. The number of hydrogen-bond donors (Lipinski definition) is 0. The molecule has 0 heterocycles. The molecule has 0 saturated carbocycles. The van der Waals surface area contributed by atoms with E-state index in [0.717, 1.165) is 0 Å². The fourth-order valence-electron chi connectivity index (χ4n) is 1.23. The van der Waals surface area contributed by atoms with E-state index in [4.69, 9.17) is 0 Å². The van der Waals surface area contributed by atoms with E-state index in [1.165, 1.54) is 0 Å². The maximum atomic E-state index is 13.1. The zero-order valence-electron chi connectivity index (χ0n) is 12.0. The first kappa shape index (κ1) is 23.2. The number of alkyl halides is 9. The summed E-state index contributed by atoms with van der Waals surface area (Å²) in [5, 5.41) is 0. The minimum absolute atomic E-state index is 0.215. The fourth-order valence-corrected chi connectivity index (χ4v) is 1.70. The fraction of sp³-hybridized carbons (Fsp3) is 1.00. The quantitative estimate of drug-likeness (QED) is 0.238. The Balaban J connectivity index is 5.17. The van der Waals surface area contributed by atoms with Crippen LogP contribution in [-0.4, -0.2) is 38.7 Å². The van der Waals surface area contributed by atoms with Gasteiger partial charge in [-0.2, -0.15) is 52.1 Å². The minimum Gasteiger partial charge on any atom is -0.315 e. The predicted octanol–water partition coefficient (Wildman–Crippen LogP) is 4.27. The predicted molar refractivity (Wildman–Crippen MR) is 61.0 cm³/mol. The van der Waals surface area contributed by atoms with Gasteiger partial charge in [0.25, 0.3) is 0 Å². The first-order valence-electron chi connectivity index (χ1n) is 6.31. The Morgan fingerprint density at radius 3 is 1.71 bits per heavy atom. The Labute approximate surface area is 131 Å². The molecule has 0 aliphatic rings. The molecule has 0 unspecified atom stereocenters. The van der Waals surface area contributed by atoms with Gasteiger partial charge in [-0.15, -0.1) is 0 Å². The van der Waals surface area contributed by atoms with E-state index in [-0.39, 0.29) is 12.8 Å². The summed E-state index contributed by atoms with van der Waals surface area (Å²) in [5.41, 5.74) is -6.51. The van der Waals surface area contributed by atoms with Crippen molar-refractivity contribution in [2.45, 2.75) is 56.3 Å². The van der Waals surface area contributed by atoms with E-state index in [9.17, 15) is 47.9 Å². The molecule has 0 spiro atoms. The second kappa shape index (κ2) is 7.64. The van der Waals surface area contributed by atoms with Crippen LogP contribution in [0.2, 0.25) is 0 Å². The number of ether oxygens (including phenoxy) is 1. The van der Waals surface area contributed by atoms with Crippen LogP contribution in [0, 0.1) is 0 Å². The van der Waals surface area contributed by atoms with Crippen LogP contribution >= 0.6 is 0 Å². The molecular weight excluding hydrogens is 387 g/mol. The van der Waals surface area contributed by atoms with E-state index in [0.29, 0.717) is 12.8 Å². The molecule has 146 valence electrons. The molecule has 0 aliphatic carbocycles. The SMILES string of the molecule is CCCCCCOC(F)(F)C(F)(F)C(F)(F)OS(=O)(=O)C(F)(F)F. The van der Waals surface area contributed by atoms with Crippen LogP contribution < -0.4 is 0 Å². The van der Waals surface area contributed by atoms with Gasteiger partial charge in [0.2, 0.25) is 0 Å². The number of rotatable bonds is 10. The maximum Gasteiger partial charge on any atom is 0.523 e. The Kier molecular flexibility index (Phi) is 7.40. The highest BCUT2D eigenvalue weighted by atomic mass is 32.2. The smallest absolute Gasteiger partial charge is 0.315 e. The van der Waals surface area contributed by atoms with Crippen molar-refractivity contribution in [3.8, 4) is 0 Å². The summed E-state index contributed by atoms with van der Waals surface area (Å²) in [5.74, 6) is -6.68. The monoisotopic (exact) mass is 400 g/mol. The third-order valence-electron chi connectivity index (χ3n) is 2.51. The molecule has 0 aromatic carbocycles. The molecule has 0 amide bonds.